The van der Waals surface area contributed by atoms with Crippen molar-refractivity contribution in [2.24, 2.45) is 0 Å². The fourth-order valence-corrected chi connectivity index (χ4v) is 7.40. The predicted molar refractivity (Wildman–Crippen MR) is 133 cm³/mol. The minimum Gasteiger partial charge on any atom is -0.454 e. The van der Waals surface area contributed by atoms with Gasteiger partial charge in [0, 0.05) is 6.54 Å². The van der Waals surface area contributed by atoms with Gasteiger partial charge < -0.3 is 4.74 Å². The Balaban J connectivity index is 1.27. The molecule has 182 valence electrons. The summed E-state index contributed by atoms with van der Waals surface area (Å²) in [5.41, 5.74) is 2.61. The molecule has 1 fully saturated rings. The molecule has 2 aromatic heterocycles. The van der Waals surface area contributed by atoms with Crippen LogP contribution in [0.1, 0.15) is 24.8 Å². The molecule has 0 spiro atoms. The maximum atomic E-state index is 13.5. The van der Waals surface area contributed by atoms with Crippen LogP contribution in [0.4, 0.5) is 5.13 Å². The Kier molecular flexibility index (Phi) is 6.49. The first-order valence-corrected chi connectivity index (χ1v) is 13.9. The maximum Gasteiger partial charge on any atom is 0.324 e. The number of sulfonamides is 1. The molecule has 1 atom stereocenters. The van der Waals surface area contributed by atoms with Gasteiger partial charge in [0.25, 0.3) is 5.91 Å². The Hall–Kier alpha value is -3.00. The van der Waals surface area contributed by atoms with Gasteiger partial charge >= 0.3 is 5.97 Å². The van der Waals surface area contributed by atoms with E-state index >= 15 is 0 Å². The minimum absolute atomic E-state index is 0.00673. The number of carbonyl (C=O) groups is 2. The fraction of sp³-hybridized carbons (Fsp3) is 0.318. The molecule has 4 aromatic rings. The quantitative estimate of drug-likeness (QED) is 0.375. The zero-order chi connectivity index (χ0) is 24.6. The lowest BCUT2D eigenvalue weighted by molar-refractivity contribution is -0.152. The number of esters is 1. The lowest BCUT2D eigenvalue weighted by Gasteiger charge is -2.32. The Labute approximate surface area is 209 Å². The van der Waals surface area contributed by atoms with Crippen LogP contribution in [0.15, 0.2) is 41.3 Å². The fourth-order valence-electron chi connectivity index (χ4n) is 4.02. The van der Waals surface area contributed by atoms with E-state index in [-0.39, 0.29) is 17.0 Å². The number of anilines is 1. The molecular weight excluding hydrogens is 510 g/mol. The summed E-state index contributed by atoms with van der Waals surface area (Å²) in [6, 6.07) is 9.51. The molecule has 1 unspecified atom stereocenters. The van der Waals surface area contributed by atoms with Gasteiger partial charge in [0.1, 0.15) is 22.0 Å². The highest BCUT2D eigenvalue weighted by molar-refractivity contribution is 7.89. The van der Waals surface area contributed by atoms with E-state index < -0.39 is 34.5 Å². The van der Waals surface area contributed by atoms with E-state index in [0.717, 1.165) is 31.8 Å². The zero-order valence-electron chi connectivity index (χ0n) is 18.6. The van der Waals surface area contributed by atoms with Crippen LogP contribution in [0, 0.1) is 6.92 Å². The number of rotatable bonds is 6. The number of carbonyl (C=O) groups excluding carboxylic acids is 2. The van der Waals surface area contributed by atoms with Crippen LogP contribution < -0.4 is 5.32 Å². The van der Waals surface area contributed by atoms with Crippen LogP contribution in [-0.4, -0.2) is 57.5 Å². The first-order valence-electron chi connectivity index (χ1n) is 10.9. The zero-order valence-corrected chi connectivity index (χ0v) is 21.1. The third-order valence-electron chi connectivity index (χ3n) is 5.70. The van der Waals surface area contributed by atoms with Crippen LogP contribution in [0.5, 0.6) is 0 Å². The average Bonchev–Trinajstić information content (AvgIpc) is 3.48. The van der Waals surface area contributed by atoms with Crippen molar-refractivity contribution in [2.75, 3.05) is 18.5 Å². The number of thiazole rings is 1. The number of ether oxygens (including phenoxy) is 1. The van der Waals surface area contributed by atoms with Crippen LogP contribution in [0.2, 0.25) is 0 Å². The van der Waals surface area contributed by atoms with E-state index in [4.69, 9.17) is 4.74 Å². The maximum absolute atomic E-state index is 13.5. The summed E-state index contributed by atoms with van der Waals surface area (Å²) in [6.45, 7) is 1.61. The summed E-state index contributed by atoms with van der Waals surface area (Å²) >= 11 is 2.25. The number of hydrogen-bond donors (Lipinski definition) is 1. The lowest BCUT2D eigenvalue weighted by atomic mass is 10.1. The summed E-state index contributed by atoms with van der Waals surface area (Å²) in [4.78, 5) is 29.6. The van der Waals surface area contributed by atoms with Crippen LogP contribution in [0.3, 0.4) is 0 Å². The second-order valence-electron chi connectivity index (χ2n) is 8.16. The topological polar surface area (TPSA) is 131 Å². The predicted octanol–water partition coefficient (Wildman–Crippen LogP) is 3.33. The highest BCUT2D eigenvalue weighted by Crippen LogP contribution is 2.30. The number of aromatic nitrogens is 3. The third kappa shape index (κ3) is 4.76. The van der Waals surface area contributed by atoms with E-state index in [1.165, 1.54) is 17.4 Å². The van der Waals surface area contributed by atoms with Crippen LogP contribution in [-0.2, 0) is 24.3 Å². The third-order valence-corrected chi connectivity index (χ3v) is 9.11. The Morgan fingerprint density at radius 1 is 1.17 bits per heavy atom. The van der Waals surface area contributed by atoms with Gasteiger partial charge in [-0.25, -0.2) is 13.4 Å². The molecule has 0 saturated carbocycles. The molecule has 10 nitrogen and oxygen atoms in total. The molecule has 0 radical (unpaired) electrons. The normalized spacial score (nSPS) is 17.0. The van der Waals surface area contributed by atoms with Crippen LogP contribution in [0.25, 0.3) is 21.3 Å². The van der Waals surface area contributed by atoms with Gasteiger partial charge in [0.05, 0.1) is 21.9 Å². The SMILES string of the molecule is Cc1ccc2nc(NC(=O)COC(=O)C3CCCCN3S(=O)(=O)c3cccc4nsnc34)sc2c1. The molecule has 1 saturated heterocycles. The lowest BCUT2D eigenvalue weighted by Crippen LogP contribution is -2.48. The molecule has 2 aromatic carbocycles. The van der Waals surface area contributed by atoms with Crippen molar-refractivity contribution >= 4 is 71.3 Å². The molecule has 1 N–H and O–H groups in total. The van der Waals surface area contributed by atoms with Crippen molar-refractivity contribution in [3.05, 3.63) is 42.0 Å². The number of nitrogens with zero attached hydrogens (tertiary/aromatic N) is 4. The molecular formula is C22H21N5O5S3. The molecule has 1 aliphatic rings. The van der Waals surface area contributed by atoms with Gasteiger partial charge in [-0.2, -0.15) is 13.1 Å². The summed E-state index contributed by atoms with van der Waals surface area (Å²) < 4.78 is 42.5. The second-order valence-corrected chi connectivity index (χ2v) is 11.6. The molecule has 35 heavy (non-hydrogen) atoms. The molecule has 3 heterocycles. The Morgan fingerprint density at radius 2 is 2.03 bits per heavy atom. The van der Waals surface area contributed by atoms with Crippen LogP contribution >= 0.6 is 23.1 Å². The number of aryl methyl sites for hydroxylation is 1. The van der Waals surface area contributed by atoms with E-state index in [1.807, 2.05) is 25.1 Å². The van der Waals surface area contributed by atoms with Crippen molar-refractivity contribution in [1.29, 1.82) is 0 Å². The summed E-state index contributed by atoms with van der Waals surface area (Å²) in [7, 11) is -4.03. The number of amides is 1. The minimum atomic E-state index is -4.03. The van der Waals surface area contributed by atoms with E-state index in [9.17, 15) is 18.0 Å². The largest absolute Gasteiger partial charge is 0.454 e. The average molecular weight is 532 g/mol. The molecule has 0 aliphatic carbocycles. The molecule has 0 bridgehead atoms. The first kappa shape index (κ1) is 23.7. The number of fused-ring (bicyclic) bond motifs is 2. The second kappa shape index (κ2) is 9.57. The Bertz CT molecular complexity index is 1530. The Morgan fingerprint density at radius 3 is 2.89 bits per heavy atom. The smallest absolute Gasteiger partial charge is 0.324 e. The number of nitrogens with one attached hydrogen (secondary N) is 1. The van der Waals surface area contributed by atoms with Crippen molar-refractivity contribution < 1.29 is 22.7 Å². The van der Waals surface area contributed by atoms with Crippen molar-refractivity contribution in [3.63, 3.8) is 0 Å². The first-order chi connectivity index (χ1) is 16.8. The van der Waals surface area contributed by atoms with E-state index in [2.05, 4.69) is 19.0 Å². The van der Waals surface area contributed by atoms with Gasteiger partial charge in [0.15, 0.2) is 11.7 Å². The standard InChI is InChI=1S/C22H21N5O5S3/c1-13-8-9-14-17(11-13)33-22(23-14)24-19(28)12-32-21(29)16-6-2-3-10-27(16)35(30,31)18-7-4-5-15-20(18)26-34-25-15/h4-5,7-9,11,16H,2-3,6,10,12H2,1H3,(H,23,24,28). The van der Waals surface area contributed by atoms with Gasteiger partial charge in [0.2, 0.25) is 10.0 Å². The van der Waals surface area contributed by atoms with Gasteiger partial charge in [-0.3, -0.25) is 14.9 Å². The number of hydrogen-bond acceptors (Lipinski definition) is 10. The van der Waals surface area contributed by atoms with Crippen molar-refractivity contribution in [3.8, 4) is 0 Å². The van der Waals surface area contributed by atoms with E-state index in [0.29, 0.717) is 29.9 Å². The monoisotopic (exact) mass is 531 g/mol. The molecule has 5 rings (SSSR count). The summed E-state index contributed by atoms with van der Waals surface area (Å²) in [6.07, 6.45) is 1.60. The molecule has 1 amide bonds. The van der Waals surface area contributed by atoms with Gasteiger partial charge in [-0.1, -0.05) is 23.5 Å². The van der Waals surface area contributed by atoms with Crippen molar-refractivity contribution in [2.45, 2.75) is 37.1 Å². The van der Waals surface area contributed by atoms with Gasteiger partial charge in [-0.15, -0.1) is 0 Å². The van der Waals surface area contributed by atoms with Gasteiger partial charge in [-0.05, 0) is 56.0 Å². The summed E-state index contributed by atoms with van der Waals surface area (Å²) in [5, 5.41) is 3.04. The van der Waals surface area contributed by atoms with E-state index in [1.54, 1.807) is 12.1 Å². The van der Waals surface area contributed by atoms with Crippen molar-refractivity contribution in [1.82, 2.24) is 18.0 Å². The number of benzene rings is 2. The molecule has 1 aliphatic heterocycles. The number of piperidine rings is 1. The highest BCUT2D eigenvalue weighted by Gasteiger charge is 2.39. The molecule has 13 heteroatoms. The summed E-state index contributed by atoms with van der Waals surface area (Å²) in [5.74, 6) is -1.30. The highest BCUT2D eigenvalue weighted by atomic mass is 32.2.